The lowest BCUT2D eigenvalue weighted by molar-refractivity contribution is 0.245. The molecule has 31 heavy (non-hydrogen) atoms. The molecule has 1 aliphatic rings. The van der Waals surface area contributed by atoms with Crippen LogP contribution in [0.1, 0.15) is 30.5 Å². The minimum absolute atomic E-state index is 0.131. The van der Waals surface area contributed by atoms with Crippen molar-refractivity contribution in [2.24, 2.45) is 0 Å². The summed E-state index contributed by atoms with van der Waals surface area (Å²) in [5.74, 6) is -0.256. The number of nitrogens with one attached hydrogen (secondary N) is 1. The van der Waals surface area contributed by atoms with E-state index in [9.17, 15) is 9.18 Å². The Hall–Kier alpha value is -2.86. The number of carbonyl (C=O) groups excluding carboxylic acids is 1. The van der Waals surface area contributed by atoms with Crippen molar-refractivity contribution in [2.75, 3.05) is 17.7 Å². The van der Waals surface area contributed by atoms with Gasteiger partial charge in [-0.25, -0.2) is 9.18 Å². The van der Waals surface area contributed by atoms with Gasteiger partial charge in [0, 0.05) is 29.0 Å². The van der Waals surface area contributed by atoms with Crippen molar-refractivity contribution in [3.63, 3.8) is 0 Å². The summed E-state index contributed by atoms with van der Waals surface area (Å²) in [6.45, 7) is 7.18. The molecule has 0 atom stereocenters. The van der Waals surface area contributed by atoms with Crippen LogP contribution >= 0.6 is 11.8 Å². The van der Waals surface area contributed by atoms with E-state index >= 15 is 0 Å². The number of thioether (sulfide) groups is 1. The van der Waals surface area contributed by atoms with Crippen LogP contribution in [0.5, 0.6) is 0 Å². The largest absolute Gasteiger partial charge is 0.334 e. The molecule has 2 aromatic carbocycles. The Morgan fingerprint density at radius 1 is 1.19 bits per heavy atom. The number of aryl methyl sites for hydroxylation is 1. The van der Waals surface area contributed by atoms with Crippen molar-refractivity contribution in [1.82, 2.24) is 10.3 Å². The van der Waals surface area contributed by atoms with Gasteiger partial charge in [0.05, 0.1) is 17.6 Å². The number of halogens is 1. The second-order valence-corrected chi connectivity index (χ2v) is 9.40. The second kappa shape index (κ2) is 8.35. The average molecular weight is 436 g/mol. The molecule has 0 unspecified atom stereocenters. The molecule has 160 valence electrons. The third-order valence-corrected chi connectivity index (χ3v) is 6.51. The SMILES string of the molecule is CSc1ccc(CNC(=O)N2CC(C)(C)c3cc(-c4ccc(F)cc4C)ncc32)cc1. The predicted molar refractivity (Wildman–Crippen MR) is 125 cm³/mol. The molecule has 0 spiro atoms. The summed E-state index contributed by atoms with van der Waals surface area (Å²) in [4.78, 5) is 20.5. The quantitative estimate of drug-likeness (QED) is 0.517. The van der Waals surface area contributed by atoms with Gasteiger partial charge in [-0.15, -0.1) is 11.8 Å². The molecule has 4 rings (SSSR count). The monoisotopic (exact) mass is 435 g/mol. The van der Waals surface area contributed by atoms with Crippen molar-refractivity contribution in [1.29, 1.82) is 0 Å². The molecule has 0 fully saturated rings. The first-order valence-electron chi connectivity index (χ1n) is 10.2. The third kappa shape index (κ3) is 4.30. The molecule has 1 aromatic heterocycles. The summed E-state index contributed by atoms with van der Waals surface area (Å²) >= 11 is 1.69. The number of fused-ring (bicyclic) bond motifs is 1. The van der Waals surface area contributed by atoms with Crippen molar-refractivity contribution < 1.29 is 9.18 Å². The minimum atomic E-state index is -0.256. The number of benzene rings is 2. The fourth-order valence-corrected chi connectivity index (χ4v) is 4.44. The number of pyridine rings is 1. The molecular weight excluding hydrogens is 409 g/mol. The van der Waals surface area contributed by atoms with E-state index < -0.39 is 0 Å². The van der Waals surface area contributed by atoms with Crippen molar-refractivity contribution in [2.45, 2.75) is 37.6 Å². The second-order valence-electron chi connectivity index (χ2n) is 8.52. The van der Waals surface area contributed by atoms with Gasteiger partial charge in [0.1, 0.15) is 5.82 Å². The molecule has 1 aliphatic heterocycles. The number of hydrogen-bond acceptors (Lipinski definition) is 3. The van der Waals surface area contributed by atoms with Crippen molar-refractivity contribution in [3.05, 3.63) is 77.2 Å². The highest BCUT2D eigenvalue weighted by atomic mass is 32.2. The number of carbonyl (C=O) groups is 1. The maximum absolute atomic E-state index is 13.5. The number of amides is 2. The smallest absolute Gasteiger partial charge is 0.322 e. The molecule has 2 heterocycles. The lowest BCUT2D eigenvalue weighted by Crippen LogP contribution is -2.41. The summed E-state index contributed by atoms with van der Waals surface area (Å²) in [6, 6.07) is 14.8. The lowest BCUT2D eigenvalue weighted by atomic mass is 9.86. The Labute approximate surface area is 186 Å². The van der Waals surface area contributed by atoms with Gasteiger partial charge in [0.15, 0.2) is 0 Å². The van der Waals surface area contributed by atoms with Crippen LogP contribution < -0.4 is 10.2 Å². The summed E-state index contributed by atoms with van der Waals surface area (Å²) < 4.78 is 13.5. The van der Waals surface area contributed by atoms with Crippen LogP contribution in [0.3, 0.4) is 0 Å². The number of rotatable bonds is 4. The van der Waals surface area contributed by atoms with Crippen LogP contribution in [0, 0.1) is 12.7 Å². The van der Waals surface area contributed by atoms with Gasteiger partial charge in [0.2, 0.25) is 0 Å². The molecule has 0 radical (unpaired) electrons. The summed E-state index contributed by atoms with van der Waals surface area (Å²) in [6.07, 6.45) is 3.80. The summed E-state index contributed by atoms with van der Waals surface area (Å²) in [5, 5.41) is 3.03. The van der Waals surface area contributed by atoms with Gasteiger partial charge in [-0.05, 0) is 66.3 Å². The number of aromatic nitrogens is 1. The molecule has 0 saturated carbocycles. The zero-order valence-electron chi connectivity index (χ0n) is 18.2. The first-order valence-corrected chi connectivity index (χ1v) is 11.5. The number of hydrogen-bond donors (Lipinski definition) is 1. The Morgan fingerprint density at radius 2 is 1.94 bits per heavy atom. The first kappa shape index (κ1) is 21.4. The van der Waals surface area contributed by atoms with E-state index in [-0.39, 0.29) is 17.3 Å². The third-order valence-electron chi connectivity index (χ3n) is 5.77. The normalized spacial score (nSPS) is 14.4. The molecule has 0 saturated heterocycles. The maximum atomic E-state index is 13.5. The summed E-state index contributed by atoms with van der Waals surface area (Å²) in [5.41, 5.74) is 5.27. The van der Waals surface area contributed by atoms with Gasteiger partial charge in [-0.2, -0.15) is 0 Å². The fraction of sp³-hybridized carbons (Fsp3) is 0.280. The van der Waals surface area contributed by atoms with E-state index in [4.69, 9.17) is 0 Å². The Morgan fingerprint density at radius 3 is 2.61 bits per heavy atom. The van der Waals surface area contributed by atoms with Crippen molar-refractivity contribution >= 4 is 23.5 Å². The van der Waals surface area contributed by atoms with E-state index in [0.717, 1.165) is 33.6 Å². The van der Waals surface area contributed by atoms with E-state index in [1.807, 2.05) is 31.4 Å². The predicted octanol–water partition coefficient (Wildman–Crippen LogP) is 5.93. The van der Waals surface area contributed by atoms with Crippen LogP contribution in [-0.2, 0) is 12.0 Å². The number of nitrogens with zero attached hydrogens (tertiary/aromatic N) is 2. The number of anilines is 1. The van der Waals surface area contributed by atoms with Crippen LogP contribution in [-0.4, -0.2) is 23.8 Å². The standard InChI is InChI=1S/C25H26FN3OS/c1-16-11-18(26)7-10-20(16)22-12-21-23(14-27-22)29(15-25(21,2)3)24(30)28-13-17-5-8-19(31-4)9-6-17/h5-12,14H,13,15H2,1-4H3,(H,28,30). The van der Waals surface area contributed by atoms with Crippen LogP contribution in [0.2, 0.25) is 0 Å². The topological polar surface area (TPSA) is 45.2 Å². The first-order chi connectivity index (χ1) is 14.8. The maximum Gasteiger partial charge on any atom is 0.322 e. The highest BCUT2D eigenvalue weighted by Gasteiger charge is 2.38. The zero-order chi connectivity index (χ0) is 22.2. The average Bonchev–Trinajstić information content (AvgIpc) is 3.03. The van der Waals surface area contributed by atoms with Gasteiger partial charge < -0.3 is 5.32 Å². The summed E-state index contributed by atoms with van der Waals surface area (Å²) in [7, 11) is 0. The van der Waals surface area contributed by atoms with Gasteiger partial charge in [0.25, 0.3) is 0 Å². The molecule has 6 heteroatoms. The van der Waals surface area contributed by atoms with Crippen LogP contribution in [0.25, 0.3) is 11.3 Å². The minimum Gasteiger partial charge on any atom is -0.334 e. The highest BCUT2D eigenvalue weighted by Crippen LogP contribution is 2.41. The van der Waals surface area contributed by atoms with Crippen LogP contribution in [0.15, 0.2) is 59.6 Å². The molecule has 0 aliphatic carbocycles. The van der Waals surface area contributed by atoms with Gasteiger partial charge in [-0.1, -0.05) is 26.0 Å². The van der Waals surface area contributed by atoms with Gasteiger partial charge >= 0.3 is 6.03 Å². The molecule has 3 aromatic rings. The van der Waals surface area contributed by atoms with Crippen LogP contribution in [0.4, 0.5) is 14.9 Å². The highest BCUT2D eigenvalue weighted by molar-refractivity contribution is 7.98. The Bertz CT molecular complexity index is 1130. The van der Waals surface area contributed by atoms with Gasteiger partial charge in [-0.3, -0.25) is 9.88 Å². The fourth-order valence-electron chi connectivity index (χ4n) is 4.03. The lowest BCUT2D eigenvalue weighted by Gasteiger charge is -2.21. The molecule has 2 amide bonds. The van der Waals surface area contributed by atoms with E-state index in [2.05, 4.69) is 36.3 Å². The molecule has 0 bridgehead atoms. The van der Waals surface area contributed by atoms with E-state index in [1.165, 1.54) is 17.0 Å². The zero-order valence-corrected chi connectivity index (χ0v) is 19.0. The Kier molecular flexibility index (Phi) is 5.75. The number of urea groups is 1. The molecule has 4 nitrogen and oxygen atoms in total. The van der Waals surface area contributed by atoms with Crippen molar-refractivity contribution in [3.8, 4) is 11.3 Å². The Balaban J connectivity index is 1.56. The molecular formula is C25H26FN3OS. The van der Waals surface area contributed by atoms with E-state index in [1.54, 1.807) is 28.9 Å². The van der Waals surface area contributed by atoms with E-state index in [0.29, 0.717) is 13.1 Å². The molecule has 1 N–H and O–H groups in total.